The lowest BCUT2D eigenvalue weighted by Gasteiger charge is -2.14. The Labute approximate surface area is 149 Å². The second kappa shape index (κ2) is 8.60. The van der Waals surface area contributed by atoms with E-state index < -0.39 is 0 Å². The molecule has 0 atom stereocenters. The Hall–Kier alpha value is -2.43. The highest BCUT2D eigenvalue weighted by atomic mass is 16.5. The smallest absolute Gasteiger partial charge is 0.195 e. The van der Waals surface area contributed by atoms with Crippen LogP contribution in [0.25, 0.3) is 0 Å². The maximum atomic E-state index is 5.68. The molecule has 1 aromatic heterocycles. The summed E-state index contributed by atoms with van der Waals surface area (Å²) in [6, 6.07) is 11.9. The van der Waals surface area contributed by atoms with Gasteiger partial charge in [-0.15, -0.1) is 0 Å². The van der Waals surface area contributed by atoms with Crippen LogP contribution in [0.3, 0.4) is 0 Å². The Morgan fingerprint density at radius 3 is 2.68 bits per heavy atom. The molecular weight excluding hydrogens is 314 g/mol. The number of furan rings is 1. The molecule has 0 bridgehead atoms. The number of nitrogens with zero attached hydrogens (tertiary/aromatic N) is 1. The fourth-order valence-electron chi connectivity index (χ4n) is 2.45. The number of rotatable bonds is 8. The fraction of sp³-hybridized carbons (Fsp3) is 0.450. The molecule has 3 rings (SSSR count). The Morgan fingerprint density at radius 1 is 1.24 bits per heavy atom. The first-order chi connectivity index (χ1) is 12.2. The molecule has 0 spiro atoms. The Kier molecular flexibility index (Phi) is 5.99. The van der Waals surface area contributed by atoms with Crippen LogP contribution >= 0.6 is 0 Å². The van der Waals surface area contributed by atoms with Gasteiger partial charge in [-0.25, -0.2) is 0 Å². The molecule has 1 saturated carbocycles. The van der Waals surface area contributed by atoms with E-state index in [4.69, 9.17) is 14.1 Å². The Morgan fingerprint density at radius 2 is 2.04 bits per heavy atom. The minimum absolute atomic E-state index is 0.178. The minimum atomic E-state index is 0.178. The maximum Gasteiger partial charge on any atom is 0.195 e. The third-order valence-electron chi connectivity index (χ3n) is 3.94. The Balaban J connectivity index is 1.55. The lowest BCUT2D eigenvalue weighted by Crippen LogP contribution is -2.32. The zero-order chi connectivity index (χ0) is 17.5. The summed E-state index contributed by atoms with van der Waals surface area (Å²) in [4.78, 5) is 4.70. The van der Waals surface area contributed by atoms with E-state index in [0.717, 1.165) is 48.6 Å². The molecule has 0 amide bonds. The molecule has 2 aromatic rings. The first-order valence-electron chi connectivity index (χ1n) is 9.03. The SMILES string of the molecule is CC(C)Oc1ccc(NC(=NCC2CC2)NCCc2ccco2)cc1. The van der Waals surface area contributed by atoms with Crippen LogP contribution in [-0.4, -0.2) is 25.2 Å². The molecule has 0 unspecified atom stereocenters. The van der Waals surface area contributed by atoms with Gasteiger partial charge < -0.3 is 19.8 Å². The number of hydrogen-bond acceptors (Lipinski definition) is 3. The molecule has 1 aromatic carbocycles. The van der Waals surface area contributed by atoms with Crippen LogP contribution in [-0.2, 0) is 6.42 Å². The standard InChI is InChI=1S/C20H27N3O2/c1-15(2)25-19-9-7-17(8-10-19)23-20(22-14-16-5-6-16)21-12-11-18-4-3-13-24-18/h3-4,7-10,13,15-16H,5-6,11-12,14H2,1-2H3,(H2,21,22,23). The predicted octanol–water partition coefficient (Wildman–Crippen LogP) is 4.08. The van der Waals surface area contributed by atoms with Crippen molar-refractivity contribution in [1.82, 2.24) is 5.32 Å². The summed E-state index contributed by atoms with van der Waals surface area (Å²) < 4.78 is 11.1. The quantitative estimate of drug-likeness (QED) is 0.561. The van der Waals surface area contributed by atoms with Gasteiger partial charge in [0.25, 0.3) is 0 Å². The zero-order valence-corrected chi connectivity index (χ0v) is 15.0. The van der Waals surface area contributed by atoms with E-state index in [1.807, 2.05) is 50.2 Å². The van der Waals surface area contributed by atoms with Crippen LogP contribution in [0.5, 0.6) is 5.75 Å². The van der Waals surface area contributed by atoms with E-state index in [0.29, 0.717) is 0 Å². The van der Waals surface area contributed by atoms with Crippen molar-refractivity contribution in [3.8, 4) is 5.75 Å². The molecule has 5 nitrogen and oxygen atoms in total. The molecule has 1 aliphatic rings. The van der Waals surface area contributed by atoms with Crippen molar-refractivity contribution < 1.29 is 9.15 Å². The van der Waals surface area contributed by atoms with Gasteiger partial charge in [-0.1, -0.05) is 0 Å². The second-order valence-corrected chi connectivity index (χ2v) is 6.70. The summed E-state index contributed by atoms with van der Waals surface area (Å²) in [5.41, 5.74) is 0.996. The molecule has 5 heteroatoms. The van der Waals surface area contributed by atoms with E-state index in [1.54, 1.807) is 6.26 Å². The van der Waals surface area contributed by atoms with Gasteiger partial charge in [-0.2, -0.15) is 0 Å². The average molecular weight is 341 g/mol. The van der Waals surface area contributed by atoms with Gasteiger partial charge >= 0.3 is 0 Å². The lowest BCUT2D eigenvalue weighted by molar-refractivity contribution is 0.242. The van der Waals surface area contributed by atoms with Crippen molar-refractivity contribution >= 4 is 11.6 Å². The molecule has 0 aliphatic heterocycles. The highest BCUT2D eigenvalue weighted by Gasteiger charge is 2.20. The summed E-state index contributed by atoms with van der Waals surface area (Å²) >= 11 is 0. The summed E-state index contributed by atoms with van der Waals surface area (Å²) in [6.45, 7) is 5.71. The molecule has 0 saturated heterocycles. The van der Waals surface area contributed by atoms with Gasteiger partial charge in [0.05, 0.1) is 12.4 Å². The lowest BCUT2D eigenvalue weighted by atomic mass is 10.3. The summed E-state index contributed by atoms with van der Waals surface area (Å²) in [5, 5.41) is 6.76. The summed E-state index contributed by atoms with van der Waals surface area (Å²) in [5.74, 6) is 3.42. The van der Waals surface area contributed by atoms with E-state index in [9.17, 15) is 0 Å². The molecule has 1 fully saturated rings. The zero-order valence-electron chi connectivity index (χ0n) is 15.0. The van der Waals surface area contributed by atoms with Crippen LogP contribution in [0.15, 0.2) is 52.1 Å². The van der Waals surface area contributed by atoms with Gasteiger partial charge in [0.1, 0.15) is 11.5 Å². The van der Waals surface area contributed by atoms with Crippen LogP contribution in [0.1, 0.15) is 32.4 Å². The van der Waals surface area contributed by atoms with Gasteiger partial charge in [-0.3, -0.25) is 4.99 Å². The van der Waals surface area contributed by atoms with Crippen LogP contribution < -0.4 is 15.4 Å². The molecule has 1 aliphatic carbocycles. The van der Waals surface area contributed by atoms with E-state index in [-0.39, 0.29) is 6.10 Å². The molecule has 25 heavy (non-hydrogen) atoms. The second-order valence-electron chi connectivity index (χ2n) is 6.70. The van der Waals surface area contributed by atoms with Crippen molar-refractivity contribution in [2.75, 3.05) is 18.4 Å². The number of ether oxygens (including phenoxy) is 1. The third-order valence-corrected chi connectivity index (χ3v) is 3.94. The van der Waals surface area contributed by atoms with Crippen molar-refractivity contribution in [1.29, 1.82) is 0 Å². The number of hydrogen-bond donors (Lipinski definition) is 2. The van der Waals surface area contributed by atoms with Gasteiger partial charge in [-0.05, 0) is 69.0 Å². The fourth-order valence-corrected chi connectivity index (χ4v) is 2.45. The number of benzene rings is 1. The van der Waals surface area contributed by atoms with Crippen molar-refractivity contribution in [3.63, 3.8) is 0 Å². The topological polar surface area (TPSA) is 58.8 Å². The highest BCUT2D eigenvalue weighted by molar-refractivity contribution is 5.93. The average Bonchev–Trinajstić information content (AvgIpc) is 3.28. The normalized spacial score (nSPS) is 14.6. The molecular formula is C20H27N3O2. The van der Waals surface area contributed by atoms with Gasteiger partial charge in [0.15, 0.2) is 5.96 Å². The number of guanidine groups is 1. The third kappa shape index (κ3) is 6.18. The summed E-state index contributed by atoms with van der Waals surface area (Å²) in [7, 11) is 0. The van der Waals surface area contributed by atoms with Crippen LogP contribution in [0, 0.1) is 5.92 Å². The molecule has 1 heterocycles. The number of aliphatic imine (C=N–C) groups is 1. The van der Waals surface area contributed by atoms with Crippen molar-refractivity contribution in [2.45, 2.75) is 39.2 Å². The molecule has 134 valence electrons. The van der Waals surface area contributed by atoms with E-state index in [2.05, 4.69) is 10.6 Å². The molecule has 0 radical (unpaired) electrons. The molecule has 2 N–H and O–H groups in total. The maximum absolute atomic E-state index is 5.68. The number of anilines is 1. The number of nitrogens with one attached hydrogen (secondary N) is 2. The predicted molar refractivity (Wildman–Crippen MR) is 101 cm³/mol. The van der Waals surface area contributed by atoms with Crippen LogP contribution in [0.4, 0.5) is 5.69 Å². The van der Waals surface area contributed by atoms with Gasteiger partial charge in [0, 0.05) is 25.2 Å². The monoisotopic (exact) mass is 341 g/mol. The Bertz CT molecular complexity index is 659. The first kappa shape index (κ1) is 17.4. The van der Waals surface area contributed by atoms with E-state index >= 15 is 0 Å². The highest BCUT2D eigenvalue weighted by Crippen LogP contribution is 2.28. The minimum Gasteiger partial charge on any atom is -0.491 e. The summed E-state index contributed by atoms with van der Waals surface area (Å²) in [6.07, 6.45) is 5.31. The first-order valence-corrected chi connectivity index (χ1v) is 9.03. The van der Waals surface area contributed by atoms with Crippen LogP contribution in [0.2, 0.25) is 0 Å². The van der Waals surface area contributed by atoms with Gasteiger partial charge in [0.2, 0.25) is 0 Å². The van der Waals surface area contributed by atoms with E-state index in [1.165, 1.54) is 12.8 Å². The van der Waals surface area contributed by atoms with Crippen molar-refractivity contribution in [2.24, 2.45) is 10.9 Å². The largest absolute Gasteiger partial charge is 0.491 e. The van der Waals surface area contributed by atoms with Crippen molar-refractivity contribution in [3.05, 3.63) is 48.4 Å².